The number of anilines is 2. The third kappa shape index (κ3) is 3.22. The smallest absolute Gasteiger partial charge is 0.229 e. The van der Waals surface area contributed by atoms with Crippen LogP contribution < -0.4 is 5.32 Å². The van der Waals surface area contributed by atoms with Crippen LogP contribution in [0.4, 0.5) is 16.0 Å². The molecule has 2 aromatic heterocycles. The van der Waals surface area contributed by atoms with Gasteiger partial charge in [0.1, 0.15) is 5.82 Å². The molecule has 1 N–H and O–H groups in total. The second kappa shape index (κ2) is 6.85. The van der Waals surface area contributed by atoms with E-state index in [0.717, 1.165) is 11.3 Å². The van der Waals surface area contributed by atoms with Crippen LogP contribution in [0.3, 0.4) is 0 Å². The minimum atomic E-state index is -0.353. The zero-order valence-electron chi connectivity index (χ0n) is 13.9. The van der Waals surface area contributed by atoms with Gasteiger partial charge in [-0.3, -0.25) is 0 Å². The van der Waals surface area contributed by atoms with Gasteiger partial charge in [0.15, 0.2) is 11.2 Å². The molecular formula is C18H15FN6O. The van der Waals surface area contributed by atoms with Crippen molar-refractivity contribution in [3.8, 4) is 5.69 Å². The van der Waals surface area contributed by atoms with Gasteiger partial charge in [-0.1, -0.05) is 23.4 Å². The van der Waals surface area contributed by atoms with Crippen molar-refractivity contribution in [1.29, 1.82) is 0 Å². The van der Waals surface area contributed by atoms with Gasteiger partial charge >= 0.3 is 0 Å². The maximum atomic E-state index is 13.5. The average Bonchev–Trinajstić information content (AvgIpc) is 3.06. The number of rotatable bonds is 5. The summed E-state index contributed by atoms with van der Waals surface area (Å²) in [5, 5.41) is 11.2. The lowest BCUT2D eigenvalue weighted by Crippen LogP contribution is -2.02. The molecule has 2 aromatic carbocycles. The predicted molar refractivity (Wildman–Crippen MR) is 94.9 cm³/mol. The minimum Gasteiger partial charge on any atom is -0.380 e. The van der Waals surface area contributed by atoms with Gasteiger partial charge < -0.3 is 10.1 Å². The minimum absolute atomic E-state index is 0.353. The molecule has 2 heterocycles. The number of ether oxygens (including phenoxy) is 1. The van der Waals surface area contributed by atoms with Crippen molar-refractivity contribution in [2.75, 3.05) is 12.4 Å². The Morgan fingerprint density at radius 2 is 2.04 bits per heavy atom. The van der Waals surface area contributed by atoms with E-state index in [1.165, 1.54) is 16.8 Å². The Labute approximate surface area is 148 Å². The highest BCUT2D eigenvalue weighted by Crippen LogP contribution is 2.19. The standard InChI is InChI=1S/C18H15FN6O/c1-26-11-12-4-2-6-14(8-12)21-18-20-10-16-17(22-18)25(24-23-16)15-7-3-5-13(19)9-15/h2-10H,11H2,1H3,(H,20,21,22). The second-order valence-electron chi connectivity index (χ2n) is 5.64. The summed E-state index contributed by atoms with van der Waals surface area (Å²) in [7, 11) is 1.65. The number of nitrogens with zero attached hydrogens (tertiary/aromatic N) is 5. The summed E-state index contributed by atoms with van der Waals surface area (Å²) in [6.07, 6.45) is 1.58. The summed E-state index contributed by atoms with van der Waals surface area (Å²) < 4.78 is 20.1. The topological polar surface area (TPSA) is 77.8 Å². The largest absolute Gasteiger partial charge is 0.380 e. The molecule has 0 unspecified atom stereocenters. The third-order valence-electron chi connectivity index (χ3n) is 3.74. The molecule has 4 aromatic rings. The van der Waals surface area contributed by atoms with Crippen LogP contribution in [0.1, 0.15) is 5.56 Å². The first-order valence-electron chi connectivity index (χ1n) is 7.92. The molecule has 7 nitrogen and oxygen atoms in total. The van der Waals surface area contributed by atoms with Crippen molar-refractivity contribution >= 4 is 22.8 Å². The van der Waals surface area contributed by atoms with E-state index < -0.39 is 0 Å². The number of halogens is 1. The second-order valence-corrected chi connectivity index (χ2v) is 5.64. The fourth-order valence-corrected chi connectivity index (χ4v) is 2.60. The van der Waals surface area contributed by atoms with Crippen molar-refractivity contribution in [2.24, 2.45) is 0 Å². The van der Waals surface area contributed by atoms with Gasteiger partial charge in [0.2, 0.25) is 5.95 Å². The molecule has 0 radical (unpaired) electrons. The number of hydrogen-bond acceptors (Lipinski definition) is 6. The Hall–Kier alpha value is -3.39. The molecule has 0 fully saturated rings. The van der Waals surface area contributed by atoms with Crippen LogP contribution in [-0.4, -0.2) is 32.1 Å². The van der Waals surface area contributed by atoms with E-state index >= 15 is 0 Å². The molecule has 8 heteroatoms. The number of fused-ring (bicyclic) bond motifs is 1. The summed E-state index contributed by atoms with van der Waals surface area (Å²) in [4.78, 5) is 8.73. The Morgan fingerprint density at radius 1 is 1.15 bits per heavy atom. The average molecular weight is 350 g/mol. The van der Waals surface area contributed by atoms with Crippen molar-refractivity contribution in [3.63, 3.8) is 0 Å². The Kier molecular flexibility index (Phi) is 4.24. The third-order valence-corrected chi connectivity index (χ3v) is 3.74. The molecule has 130 valence electrons. The van der Waals surface area contributed by atoms with Crippen LogP contribution >= 0.6 is 0 Å². The molecule has 0 aliphatic rings. The summed E-state index contributed by atoms with van der Waals surface area (Å²) in [5.41, 5.74) is 3.42. The Balaban J connectivity index is 1.69. The van der Waals surface area contributed by atoms with E-state index in [1.807, 2.05) is 24.3 Å². The van der Waals surface area contributed by atoms with Crippen LogP contribution in [0.25, 0.3) is 16.9 Å². The van der Waals surface area contributed by atoms with E-state index in [4.69, 9.17) is 4.74 Å². The highest BCUT2D eigenvalue weighted by Gasteiger charge is 2.11. The SMILES string of the molecule is COCc1cccc(Nc2ncc3nnn(-c4cccc(F)c4)c3n2)c1. The van der Waals surface area contributed by atoms with Crippen LogP contribution in [0.15, 0.2) is 54.7 Å². The first-order chi connectivity index (χ1) is 12.7. The number of aromatic nitrogens is 5. The van der Waals surface area contributed by atoms with Crippen LogP contribution in [0.5, 0.6) is 0 Å². The lowest BCUT2D eigenvalue weighted by molar-refractivity contribution is 0.185. The van der Waals surface area contributed by atoms with E-state index in [-0.39, 0.29) is 5.82 Å². The fourth-order valence-electron chi connectivity index (χ4n) is 2.60. The summed E-state index contributed by atoms with van der Waals surface area (Å²) in [6, 6.07) is 13.9. The molecular weight excluding hydrogens is 335 g/mol. The van der Waals surface area contributed by atoms with Crippen molar-refractivity contribution in [1.82, 2.24) is 25.0 Å². The maximum Gasteiger partial charge on any atom is 0.229 e. The first kappa shape index (κ1) is 16.1. The normalized spacial score (nSPS) is 11.0. The molecule has 4 rings (SSSR count). The Bertz CT molecular complexity index is 1060. The van der Waals surface area contributed by atoms with Gasteiger partial charge in [-0.05, 0) is 35.9 Å². The molecule has 0 spiro atoms. The highest BCUT2D eigenvalue weighted by molar-refractivity contribution is 5.72. The van der Waals surface area contributed by atoms with Gasteiger partial charge in [0, 0.05) is 12.8 Å². The molecule has 0 amide bonds. The zero-order chi connectivity index (χ0) is 17.9. The van der Waals surface area contributed by atoms with Gasteiger partial charge in [-0.2, -0.15) is 9.67 Å². The summed E-state index contributed by atoms with van der Waals surface area (Å²) in [5.74, 6) is 0.0422. The molecule has 0 saturated carbocycles. The fraction of sp³-hybridized carbons (Fsp3) is 0.111. The molecule has 0 aliphatic heterocycles. The van der Waals surface area contributed by atoms with Crippen LogP contribution in [-0.2, 0) is 11.3 Å². The maximum absolute atomic E-state index is 13.5. The Morgan fingerprint density at radius 3 is 2.88 bits per heavy atom. The highest BCUT2D eigenvalue weighted by atomic mass is 19.1. The van der Waals surface area contributed by atoms with Gasteiger partial charge in [-0.25, -0.2) is 9.37 Å². The number of methoxy groups -OCH3 is 1. The van der Waals surface area contributed by atoms with Crippen molar-refractivity contribution < 1.29 is 9.13 Å². The number of benzene rings is 2. The lowest BCUT2D eigenvalue weighted by Gasteiger charge is -2.07. The monoisotopic (exact) mass is 350 g/mol. The molecule has 0 bridgehead atoms. The van der Waals surface area contributed by atoms with Crippen LogP contribution in [0, 0.1) is 5.82 Å². The van der Waals surface area contributed by atoms with E-state index in [9.17, 15) is 4.39 Å². The van der Waals surface area contributed by atoms with E-state index in [2.05, 4.69) is 25.6 Å². The number of hydrogen-bond donors (Lipinski definition) is 1. The molecule has 26 heavy (non-hydrogen) atoms. The van der Waals surface area contributed by atoms with Gasteiger partial charge in [0.25, 0.3) is 0 Å². The van der Waals surface area contributed by atoms with Gasteiger partial charge in [0.05, 0.1) is 18.5 Å². The molecule has 0 atom stereocenters. The quantitative estimate of drug-likeness (QED) is 0.595. The predicted octanol–water partition coefficient (Wildman–Crippen LogP) is 3.24. The lowest BCUT2D eigenvalue weighted by atomic mass is 10.2. The summed E-state index contributed by atoms with van der Waals surface area (Å²) in [6.45, 7) is 0.520. The first-order valence-corrected chi connectivity index (χ1v) is 7.92. The summed E-state index contributed by atoms with van der Waals surface area (Å²) >= 11 is 0. The van der Waals surface area contributed by atoms with Crippen molar-refractivity contribution in [2.45, 2.75) is 6.61 Å². The van der Waals surface area contributed by atoms with Crippen molar-refractivity contribution in [3.05, 3.63) is 66.1 Å². The molecule has 0 saturated heterocycles. The molecule has 0 aliphatic carbocycles. The number of nitrogens with one attached hydrogen (secondary N) is 1. The van der Waals surface area contributed by atoms with Crippen LogP contribution in [0.2, 0.25) is 0 Å². The zero-order valence-corrected chi connectivity index (χ0v) is 13.9. The van der Waals surface area contributed by atoms with Gasteiger partial charge in [-0.15, -0.1) is 5.10 Å². The van der Waals surface area contributed by atoms with E-state index in [0.29, 0.717) is 29.4 Å². The van der Waals surface area contributed by atoms with E-state index in [1.54, 1.807) is 25.4 Å².